The number of aromatic carboxylic acids is 1. The molecule has 0 unspecified atom stereocenters. The average Bonchev–Trinajstić information content (AvgIpc) is 3.13. The van der Waals surface area contributed by atoms with Crippen LogP contribution in [0.15, 0.2) is 59.3 Å². The monoisotopic (exact) mass is 449 g/mol. The summed E-state index contributed by atoms with van der Waals surface area (Å²) in [4.78, 5) is 18.6. The van der Waals surface area contributed by atoms with E-state index in [9.17, 15) is 22.4 Å². The van der Waals surface area contributed by atoms with Gasteiger partial charge in [0.15, 0.2) is 0 Å². The van der Waals surface area contributed by atoms with Crippen LogP contribution in [0.3, 0.4) is 0 Å². The van der Waals surface area contributed by atoms with Gasteiger partial charge in [0.05, 0.1) is 5.56 Å². The zero-order chi connectivity index (χ0) is 23.5. The SMILES string of the molecule is Nc1nccc(Oc2ccc3c(C(=O)O)coc3c2)n1.[NH-]c1ccc(F)c(C(F)(F)F)c1. The minimum atomic E-state index is -4.72. The van der Waals surface area contributed by atoms with Crippen molar-refractivity contribution in [2.75, 3.05) is 5.73 Å². The van der Waals surface area contributed by atoms with E-state index in [1.54, 1.807) is 24.3 Å². The molecule has 0 aliphatic rings. The summed E-state index contributed by atoms with van der Waals surface area (Å²) in [5.74, 6) is -1.53. The van der Waals surface area contributed by atoms with Gasteiger partial charge in [0, 0.05) is 23.7 Å². The number of nitrogens with zero attached hydrogens (tertiary/aromatic N) is 2. The highest BCUT2D eigenvalue weighted by atomic mass is 19.4. The third-order valence-electron chi connectivity index (χ3n) is 3.92. The molecule has 0 aliphatic carbocycles. The molecule has 12 heteroatoms. The second kappa shape index (κ2) is 8.79. The second-order valence-corrected chi connectivity index (χ2v) is 6.16. The minimum absolute atomic E-state index is 0.106. The molecule has 2 aromatic carbocycles. The third-order valence-corrected chi connectivity index (χ3v) is 3.92. The summed E-state index contributed by atoms with van der Waals surface area (Å²) >= 11 is 0. The fourth-order valence-corrected chi connectivity index (χ4v) is 2.51. The zero-order valence-electron chi connectivity index (χ0n) is 15.9. The number of aromatic nitrogens is 2. The topological polar surface area (TPSA) is 135 Å². The van der Waals surface area contributed by atoms with E-state index < -0.39 is 23.5 Å². The Balaban J connectivity index is 0.000000207. The first-order valence-corrected chi connectivity index (χ1v) is 8.64. The maximum atomic E-state index is 12.5. The molecule has 4 aromatic rings. The van der Waals surface area contributed by atoms with Crippen LogP contribution in [0.5, 0.6) is 11.6 Å². The number of alkyl halides is 3. The first-order chi connectivity index (χ1) is 15.0. The molecule has 0 amide bonds. The molecule has 0 spiro atoms. The van der Waals surface area contributed by atoms with E-state index in [-0.39, 0.29) is 17.2 Å². The molecule has 0 saturated carbocycles. The highest BCUT2D eigenvalue weighted by Gasteiger charge is 2.33. The predicted octanol–water partition coefficient (Wildman–Crippen LogP) is 5.82. The molecule has 166 valence electrons. The summed E-state index contributed by atoms with van der Waals surface area (Å²) in [5.41, 5.74) is 11.1. The number of carboxylic acid groups (broad SMARTS) is 1. The number of halogens is 4. The lowest BCUT2D eigenvalue weighted by Crippen LogP contribution is -2.07. The number of carbonyl (C=O) groups is 1. The van der Waals surface area contributed by atoms with Gasteiger partial charge in [0.1, 0.15) is 29.0 Å². The van der Waals surface area contributed by atoms with E-state index in [4.69, 9.17) is 25.7 Å². The Kier molecular flexibility index (Phi) is 6.14. The van der Waals surface area contributed by atoms with Gasteiger partial charge in [-0.25, -0.2) is 14.2 Å². The number of nitrogens with one attached hydrogen (secondary N) is 1. The van der Waals surface area contributed by atoms with Gasteiger partial charge >= 0.3 is 12.1 Å². The molecule has 0 saturated heterocycles. The Morgan fingerprint density at radius 3 is 2.53 bits per heavy atom. The summed E-state index contributed by atoms with van der Waals surface area (Å²) in [7, 11) is 0. The Hall–Kier alpha value is -4.35. The Morgan fingerprint density at radius 1 is 1.16 bits per heavy atom. The molecule has 0 radical (unpaired) electrons. The van der Waals surface area contributed by atoms with Crippen LogP contribution >= 0.6 is 0 Å². The molecule has 0 bridgehead atoms. The molecular formula is C20H13F4N4O4-. The quantitative estimate of drug-likeness (QED) is 0.376. The van der Waals surface area contributed by atoms with Gasteiger partial charge in [0.2, 0.25) is 11.8 Å². The summed E-state index contributed by atoms with van der Waals surface area (Å²) in [6.07, 6.45) is -2.05. The maximum Gasteiger partial charge on any atom is 0.419 e. The molecule has 32 heavy (non-hydrogen) atoms. The van der Waals surface area contributed by atoms with Gasteiger partial charge in [-0.1, -0.05) is 12.1 Å². The van der Waals surface area contributed by atoms with Gasteiger partial charge in [-0.3, -0.25) is 0 Å². The van der Waals surface area contributed by atoms with Crippen molar-refractivity contribution in [2.45, 2.75) is 6.18 Å². The third kappa shape index (κ3) is 5.22. The fraction of sp³-hybridized carbons (Fsp3) is 0.0500. The number of benzene rings is 2. The number of ether oxygens (including phenoxy) is 1. The minimum Gasteiger partial charge on any atom is -0.699 e. The lowest BCUT2D eigenvalue weighted by atomic mass is 10.2. The highest BCUT2D eigenvalue weighted by molar-refractivity contribution is 6.02. The van der Waals surface area contributed by atoms with Crippen molar-refractivity contribution in [1.82, 2.24) is 9.97 Å². The van der Waals surface area contributed by atoms with Crippen molar-refractivity contribution >= 4 is 28.6 Å². The number of carboxylic acids is 1. The highest BCUT2D eigenvalue weighted by Crippen LogP contribution is 2.33. The van der Waals surface area contributed by atoms with Crippen molar-refractivity contribution in [1.29, 1.82) is 0 Å². The largest absolute Gasteiger partial charge is 0.699 e. The fourth-order valence-electron chi connectivity index (χ4n) is 2.51. The van der Waals surface area contributed by atoms with Crippen LogP contribution in [0, 0.1) is 5.82 Å². The number of rotatable bonds is 3. The summed E-state index contributed by atoms with van der Waals surface area (Å²) in [5, 5.41) is 9.49. The van der Waals surface area contributed by atoms with Gasteiger partial charge in [-0.15, -0.1) is 5.69 Å². The van der Waals surface area contributed by atoms with Crippen LogP contribution in [-0.4, -0.2) is 21.0 Å². The number of nitrogens with two attached hydrogens (primary N) is 1. The van der Waals surface area contributed by atoms with E-state index >= 15 is 0 Å². The number of anilines is 1. The van der Waals surface area contributed by atoms with Crippen molar-refractivity contribution in [3.8, 4) is 11.6 Å². The average molecular weight is 449 g/mol. The van der Waals surface area contributed by atoms with Crippen LogP contribution < -0.4 is 10.5 Å². The first-order valence-electron chi connectivity index (χ1n) is 8.64. The first kappa shape index (κ1) is 22.3. The molecular weight excluding hydrogens is 436 g/mol. The molecule has 8 nitrogen and oxygen atoms in total. The predicted molar refractivity (Wildman–Crippen MR) is 105 cm³/mol. The summed E-state index contributed by atoms with van der Waals surface area (Å²) in [6.45, 7) is 0. The summed E-state index contributed by atoms with van der Waals surface area (Å²) in [6, 6.07) is 8.43. The Bertz CT molecular complexity index is 1270. The van der Waals surface area contributed by atoms with Gasteiger partial charge < -0.3 is 25.7 Å². The van der Waals surface area contributed by atoms with Crippen LogP contribution in [0.1, 0.15) is 15.9 Å². The number of hydrogen-bond acceptors (Lipinski definition) is 6. The van der Waals surface area contributed by atoms with Crippen molar-refractivity contribution in [2.24, 2.45) is 0 Å². The smallest absolute Gasteiger partial charge is 0.419 e. The van der Waals surface area contributed by atoms with Gasteiger partial charge in [-0.2, -0.15) is 18.2 Å². The molecule has 4 N–H and O–H groups in total. The lowest BCUT2D eigenvalue weighted by Gasteiger charge is -2.10. The molecule has 4 rings (SSSR count). The van der Waals surface area contributed by atoms with Crippen molar-refractivity contribution < 1.29 is 36.6 Å². The zero-order valence-corrected chi connectivity index (χ0v) is 15.9. The van der Waals surface area contributed by atoms with Crippen LogP contribution in [0.25, 0.3) is 16.7 Å². The van der Waals surface area contributed by atoms with E-state index in [0.717, 1.165) is 6.07 Å². The van der Waals surface area contributed by atoms with E-state index in [2.05, 4.69) is 9.97 Å². The van der Waals surface area contributed by atoms with Crippen LogP contribution in [-0.2, 0) is 6.18 Å². The maximum absolute atomic E-state index is 12.5. The Morgan fingerprint density at radius 2 is 1.91 bits per heavy atom. The Labute approximate surface area is 177 Å². The van der Waals surface area contributed by atoms with E-state index in [1.807, 2.05) is 0 Å². The van der Waals surface area contributed by atoms with Crippen molar-refractivity contribution in [3.05, 3.63) is 77.6 Å². The van der Waals surface area contributed by atoms with Gasteiger partial charge in [0.25, 0.3) is 0 Å². The molecule has 2 aromatic heterocycles. The lowest BCUT2D eigenvalue weighted by molar-refractivity contribution is -0.139. The number of nitrogen functional groups attached to an aromatic ring is 1. The van der Waals surface area contributed by atoms with E-state index in [1.165, 1.54) is 12.5 Å². The second-order valence-electron chi connectivity index (χ2n) is 6.16. The molecule has 2 heterocycles. The van der Waals surface area contributed by atoms with E-state index in [0.29, 0.717) is 34.7 Å². The standard InChI is InChI=1S/C13H9N3O4.C7H4F4N/c14-13-15-4-3-11(16-13)20-7-1-2-8-9(12(17)18)6-19-10(8)5-7;8-6-2-1-4(12)3-5(6)7(9,10)11/h1-6H,(H,17,18)(H2,14,15,16);1-3,12H/q;-1. The molecule has 0 atom stereocenters. The van der Waals surface area contributed by atoms with Crippen LogP contribution in [0.2, 0.25) is 0 Å². The number of furan rings is 1. The van der Waals surface area contributed by atoms with Crippen molar-refractivity contribution in [3.63, 3.8) is 0 Å². The van der Waals surface area contributed by atoms with Gasteiger partial charge in [-0.05, 0) is 18.2 Å². The molecule has 0 aliphatic heterocycles. The number of fused-ring (bicyclic) bond motifs is 1. The molecule has 0 fully saturated rings. The normalized spacial score (nSPS) is 11.0. The summed E-state index contributed by atoms with van der Waals surface area (Å²) < 4.78 is 58.9. The number of hydrogen-bond donors (Lipinski definition) is 2. The van der Waals surface area contributed by atoms with Crippen LogP contribution in [0.4, 0.5) is 29.2 Å².